The number of ketones is 3. The van der Waals surface area contributed by atoms with Crippen molar-refractivity contribution in [1.29, 1.82) is 0 Å². The number of aliphatic hydroxyl groups is 1. The van der Waals surface area contributed by atoms with Crippen LogP contribution in [-0.2, 0) is 23.8 Å². The molecule has 5 rings (SSSR count). The molecule has 0 radical (unpaired) electrons. The Morgan fingerprint density at radius 3 is 2.59 bits per heavy atom. The minimum absolute atomic E-state index is 0.00827. The number of aromatic hydroxyl groups is 1. The standard InChI is InChI=1S/C23H22O9/c1-3-14-18-11(23-16(31-14)7-17(26)32-23)4-9-12(24)5-10(21(28)19(9)22(18)29)15-6-13(25)20(27)8(2)30-15/h4-5,8,13-16,23,25,29H,3,6-7H2,1-2H3/t8-,13-,14-,15-,16-,23-/m1/s1. The van der Waals surface area contributed by atoms with Gasteiger partial charge < -0.3 is 24.4 Å². The Morgan fingerprint density at radius 1 is 1.16 bits per heavy atom. The van der Waals surface area contributed by atoms with Crippen LogP contribution in [0.3, 0.4) is 0 Å². The highest BCUT2D eigenvalue weighted by molar-refractivity contribution is 6.26. The van der Waals surface area contributed by atoms with Gasteiger partial charge in [-0.3, -0.25) is 19.2 Å². The Labute approximate surface area is 182 Å². The van der Waals surface area contributed by atoms with Crippen LogP contribution in [0.25, 0.3) is 0 Å². The van der Waals surface area contributed by atoms with Gasteiger partial charge in [0.1, 0.15) is 24.1 Å². The number of hydrogen-bond acceptors (Lipinski definition) is 9. The highest BCUT2D eigenvalue weighted by Crippen LogP contribution is 2.50. The smallest absolute Gasteiger partial charge is 0.309 e. The summed E-state index contributed by atoms with van der Waals surface area (Å²) in [7, 11) is 0. The Bertz CT molecular complexity index is 1090. The summed E-state index contributed by atoms with van der Waals surface area (Å²) in [5, 5.41) is 21.2. The third-order valence-electron chi connectivity index (χ3n) is 6.60. The summed E-state index contributed by atoms with van der Waals surface area (Å²) in [5.41, 5.74) is 0.619. The van der Waals surface area contributed by atoms with Gasteiger partial charge in [-0.25, -0.2) is 0 Å². The molecule has 6 atom stereocenters. The molecule has 2 saturated heterocycles. The fraction of sp³-hybridized carbons (Fsp3) is 0.478. The zero-order valence-electron chi connectivity index (χ0n) is 17.5. The molecule has 3 heterocycles. The Hall–Kier alpha value is -2.88. The zero-order chi connectivity index (χ0) is 22.9. The third kappa shape index (κ3) is 2.96. The van der Waals surface area contributed by atoms with Crippen molar-refractivity contribution in [3.8, 4) is 5.75 Å². The quantitative estimate of drug-likeness (QED) is 0.655. The molecule has 2 fully saturated rings. The lowest BCUT2D eigenvalue weighted by Gasteiger charge is -2.35. The van der Waals surface area contributed by atoms with Gasteiger partial charge in [0.05, 0.1) is 24.2 Å². The minimum Gasteiger partial charge on any atom is -0.507 e. The van der Waals surface area contributed by atoms with Crippen molar-refractivity contribution in [2.45, 2.75) is 69.7 Å². The van der Waals surface area contributed by atoms with Gasteiger partial charge in [0, 0.05) is 28.7 Å². The van der Waals surface area contributed by atoms with Gasteiger partial charge in [0.25, 0.3) is 0 Å². The van der Waals surface area contributed by atoms with Gasteiger partial charge in [0.2, 0.25) is 0 Å². The van der Waals surface area contributed by atoms with E-state index in [4.69, 9.17) is 14.2 Å². The summed E-state index contributed by atoms with van der Waals surface area (Å²) in [4.78, 5) is 50.1. The first-order chi connectivity index (χ1) is 15.2. The topological polar surface area (TPSA) is 136 Å². The van der Waals surface area contributed by atoms with E-state index in [9.17, 15) is 29.4 Å². The zero-order valence-corrected chi connectivity index (χ0v) is 17.5. The number of esters is 1. The molecule has 1 aromatic rings. The van der Waals surface area contributed by atoms with E-state index in [0.29, 0.717) is 17.5 Å². The molecular weight excluding hydrogens is 420 g/mol. The molecule has 3 aliphatic heterocycles. The predicted molar refractivity (Wildman–Crippen MR) is 106 cm³/mol. The highest BCUT2D eigenvalue weighted by atomic mass is 16.6. The van der Waals surface area contributed by atoms with Crippen molar-refractivity contribution >= 4 is 23.3 Å². The summed E-state index contributed by atoms with van der Waals surface area (Å²) in [6.45, 7) is 3.32. The number of phenolic OH excluding ortho intramolecular Hbond substituents is 1. The van der Waals surface area contributed by atoms with Gasteiger partial charge in [-0.1, -0.05) is 6.92 Å². The normalized spacial score (nSPS) is 33.9. The van der Waals surface area contributed by atoms with Crippen molar-refractivity contribution in [1.82, 2.24) is 0 Å². The van der Waals surface area contributed by atoms with E-state index >= 15 is 0 Å². The van der Waals surface area contributed by atoms with E-state index < -0.39 is 59.9 Å². The van der Waals surface area contributed by atoms with E-state index in [2.05, 4.69) is 0 Å². The summed E-state index contributed by atoms with van der Waals surface area (Å²) in [6.07, 6.45) is -3.53. The van der Waals surface area contributed by atoms with Crippen molar-refractivity contribution in [3.05, 3.63) is 40.0 Å². The maximum absolute atomic E-state index is 13.4. The van der Waals surface area contributed by atoms with Crippen LogP contribution in [-0.4, -0.2) is 57.9 Å². The van der Waals surface area contributed by atoms with Crippen LogP contribution in [0.5, 0.6) is 5.75 Å². The van der Waals surface area contributed by atoms with Crippen molar-refractivity contribution in [2.24, 2.45) is 0 Å². The van der Waals surface area contributed by atoms with E-state index in [1.807, 2.05) is 6.92 Å². The second-order valence-electron chi connectivity index (χ2n) is 8.55. The molecule has 9 nitrogen and oxygen atoms in total. The van der Waals surface area contributed by atoms with Crippen LogP contribution in [0.15, 0.2) is 17.7 Å². The predicted octanol–water partition coefficient (Wildman–Crippen LogP) is 1.64. The molecule has 1 aliphatic carbocycles. The van der Waals surface area contributed by atoms with Gasteiger partial charge in [-0.05, 0) is 25.5 Å². The number of benzene rings is 1. The fourth-order valence-corrected chi connectivity index (χ4v) is 5.03. The first-order valence-electron chi connectivity index (χ1n) is 10.6. The number of allylic oxidation sites excluding steroid dienone is 1. The van der Waals surface area contributed by atoms with Crippen LogP contribution < -0.4 is 0 Å². The number of fused-ring (bicyclic) bond motifs is 4. The molecule has 0 aromatic heterocycles. The number of phenols is 1. The minimum atomic E-state index is -1.31. The van der Waals surface area contributed by atoms with Crippen molar-refractivity contribution in [3.63, 3.8) is 0 Å². The SMILES string of the molecule is CC[C@H]1O[C@@H]2CC(=O)O[C@@H]2c2cc3c(c(O)c21)C(=O)C([C@H]1C[C@@H](O)C(=O)[C@@H](C)O1)=CC3=O. The molecule has 32 heavy (non-hydrogen) atoms. The first-order valence-corrected chi connectivity index (χ1v) is 10.6. The average Bonchev–Trinajstić information content (AvgIpc) is 3.13. The number of carbonyl (C=O) groups excluding carboxylic acids is 4. The summed E-state index contributed by atoms with van der Waals surface area (Å²) >= 11 is 0. The number of aliphatic hydroxyl groups excluding tert-OH is 1. The van der Waals surface area contributed by atoms with Gasteiger partial charge in [-0.2, -0.15) is 0 Å². The largest absolute Gasteiger partial charge is 0.507 e. The highest BCUT2D eigenvalue weighted by Gasteiger charge is 2.47. The molecule has 0 bridgehead atoms. The number of hydrogen-bond donors (Lipinski definition) is 2. The van der Waals surface area contributed by atoms with E-state index in [0.717, 1.165) is 6.08 Å². The molecule has 0 amide bonds. The third-order valence-corrected chi connectivity index (χ3v) is 6.60. The molecule has 0 unspecified atom stereocenters. The van der Waals surface area contributed by atoms with Crippen molar-refractivity contribution in [2.75, 3.05) is 0 Å². The maximum Gasteiger partial charge on any atom is 0.309 e. The molecule has 9 heteroatoms. The summed E-state index contributed by atoms with van der Waals surface area (Å²) < 4.78 is 16.9. The van der Waals surface area contributed by atoms with Crippen LogP contribution >= 0.6 is 0 Å². The second kappa shape index (κ2) is 7.33. The number of Topliss-reactive ketones (excluding diaryl/α,β-unsaturated/α-hetero) is 2. The number of carbonyl (C=O) groups is 4. The van der Waals surface area contributed by atoms with Crippen LogP contribution in [0.1, 0.15) is 77.2 Å². The Kier molecular flexibility index (Phi) is 4.81. The summed E-state index contributed by atoms with van der Waals surface area (Å²) in [5.74, 6) is -2.43. The fourth-order valence-electron chi connectivity index (χ4n) is 5.03. The lowest BCUT2D eigenvalue weighted by atomic mass is 9.79. The van der Waals surface area contributed by atoms with Crippen molar-refractivity contribution < 1.29 is 43.6 Å². The van der Waals surface area contributed by atoms with Gasteiger partial charge >= 0.3 is 5.97 Å². The molecule has 1 aromatic carbocycles. The lowest BCUT2D eigenvalue weighted by molar-refractivity contribution is -0.151. The van der Waals surface area contributed by atoms with Crippen LogP contribution in [0, 0.1) is 0 Å². The van der Waals surface area contributed by atoms with Gasteiger partial charge in [-0.15, -0.1) is 0 Å². The van der Waals surface area contributed by atoms with Crippen LogP contribution in [0.2, 0.25) is 0 Å². The molecule has 4 aliphatic rings. The monoisotopic (exact) mass is 442 g/mol. The Balaban J connectivity index is 1.60. The second-order valence-corrected chi connectivity index (χ2v) is 8.55. The van der Waals surface area contributed by atoms with Gasteiger partial charge in [0.15, 0.2) is 23.5 Å². The summed E-state index contributed by atoms with van der Waals surface area (Å²) in [6, 6.07) is 1.50. The molecule has 168 valence electrons. The molecule has 2 N–H and O–H groups in total. The molecule has 0 saturated carbocycles. The maximum atomic E-state index is 13.4. The van der Waals surface area contributed by atoms with E-state index in [1.165, 1.54) is 13.0 Å². The Morgan fingerprint density at radius 2 is 1.91 bits per heavy atom. The molecule has 0 spiro atoms. The van der Waals surface area contributed by atoms with Crippen LogP contribution in [0.4, 0.5) is 0 Å². The number of ether oxygens (including phenoxy) is 3. The van der Waals surface area contributed by atoms with E-state index in [1.54, 1.807) is 0 Å². The van der Waals surface area contributed by atoms with E-state index in [-0.39, 0.29) is 35.3 Å². The lowest BCUT2D eigenvalue weighted by Crippen LogP contribution is -2.45. The first kappa shape index (κ1) is 21.0. The number of rotatable bonds is 2. The average molecular weight is 442 g/mol. The molecular formula is C23H22O9.